The number of rotatable bonds is 2. The number of allylic oxidation sites excluding steroid dienone is 1. The molecule has 2 aliphatic carbocycles. The number of hydrogen-bond donors (Lipinski definition) is 0. The van der Waals surface area contributed by atoms with Gasteiger partial charge in [-0.05, 0) is 69.4 Å². The summed E-state index contributed by atoms with van der Waals surface area (Å²) in [5, 5.41) is 0. The molecule has 0 aromatic heterocycles. The van der Waals surface area contributed by atoms with Crippen LogP contribution in [0.25, 0.3) is 0 Å². The average molecular weight is 332 g/mol. The third-order valence-corrected chi connectivity index (χ3v) is 7.47. The van der Waals surface area contributed by atoms with Gasteiger partial charge in [0.25, 0.3) is 0 Å². The Morgan fingerprint density at radius 1 is 1.21 bits per heavy atom. The second kappa shape index (κ2) is 6.48. The lowest BCUT2D eigenvalue weighted by Crippen LogP contribution is -2.45. The molecule has 134 valence electrons. The van der Waals surface area contributed by atoms with Crippen molar-refractivity contribution in [2.75, 3.05) is 19.6 Å². The Morgan fingerprint density at radius 2 is 1.96 bits per heavy atom. The fourth-order valence-electron chi connectivity index (χ4n) is 6.06. The van der Waals surface area contributed by atoms with Gasteiger partial charge in [-0.15, -0.1) is 0 Å². The van der Waals surface area contributed by atoms with E-state index in [0.29, 0.717) is 17.3 Å². The van der Waals surface area contributed by atoms with Crippen molar-refractivity contribution < 1.29 is 9.53 Å². The second-order valence-electron chi connectivity index (χ2n) is 9.12. The van der Waals surface area contributed by atoms with Gasteiger partial charge < -0.3 is 9.64 Å². The quantitative estimate of drug-likeness (QED) is 0.562. The molecule has 0 N–H and O–H groups in total. The van der Waals surface area contributed by atoms with E-state index in [1.165, 1.54) is 50.5 Å². The summed E-state index contributed by atoms with van der Waals surface area (Å²) in [4.78, 5) is 15.2. The number of carbonyl (C=O) groups excluding carboxylic acids is 1. The third-order valence-electron chi connectivity index (χ3n) is 7.47. The van der Waals surface area contributed by atoms with E-state index in [-0.39, 0.29) is 18.0 Å². The molecule has 24 heavy (non-hydrogen) atoms. The number of hydrogen-bond acceptors (Lipinski definition) is 3. The fraction of sp³-hybridized carbons (Fsp3) is 0.857. The summed E-state index contributed by atoms with van der Waals surface area (Å²) in [6.45, 7) is 10.1. The Kier molecular flexibility index (Phi) is 4.49. The van der Waals surface area contributed by atoms with Crippen molar-refractivity contribution in [1.82, 2.24) is 4.90 Å². The van der Waals surface area contributed by atoms with Gasteiger partial charge >= 0.3 is 5.97 Å². The molecule has 0 bridgehead atoms. The molecule has 3 nitrogen and oxygen atoms in total. The molecular weight excluding hydrogens is 298 g/mol. The largest absolute Gasteiger partial charge is 0.462 e. The number of ether oxygens (including phenoxy) is 1. The molecule has 2 aliphatic heterocycles. The Morgan fingerprint density at radius 3 is 2.71 bits per heavy atom. The molecule has 2 saturated heterocycles. The Bertz CT molecular complexity index is 508. The van der Waals surface area contributed by atoms with Gasteiger partial charge in [0.2, 0.25) is 0 Å². The van der Waals surface area contributed by atoms with Gasteiger partial charge in [-0.25, -0.2) is 0 Å². The predicted octanol–water partition coefficient (Wildman–Crippen LogP) is 4.18. The lowest BCUT2D eigenvalue weighted by molar-refractivity contribution is -0.146. The first-order chi connectivity index (χ1) is 11.6. The molecule has 4 fully saturated rings. The minimum Gasteiger partial charge on any atom is -0.462 e. The first-order valence-corrected chi connectivity index (χ1v) is 10.2. The summed E-state index contributed by atoms with van der Waals surface area (Å²) in [5.74, 6) is 1.22. The van der Waals surface area contributed by atoms with Crippen LogP contribution in [-0.2, 0) is 9.53 Å². The molecule has 0 amide bonds. The summed E-state index contributed by atoms with van der Waals surface area (Å²) < 4.78 is 5.90. The summed E-state index contributed by atoms with van der Waals surface area (Å²) in [6, 6.07) is 0. The van der Waals surface area contributed by atoms with Gasteiger partial charge in [-0.3, -0.25) is 4.79 Å². The topological polar surface area (TPSA) is 29.5 Å². The highest BCUT2D eigenvalue weighted by molar-refractivity contribution is 5.75. The minimum atomic E-state index is 0.0853. The molecule has 2 unspecified atom stereocenters. The Hall–Kier alpha value is -0.830. The molecule has 0 aromatic carbocycles. The van der Waals surface area contributed by atoms with Crippen LogP contribution >= 0.6 is 0 Å². The number of fused-ring (bicyclic) bond motifs is 2. The molecule has 4 aliphatic rings. The summed E-state index contributed by atoms with van der Waals surface area (Å²) in [6.07, 6.45) is 11.3. The van der Waals surface area contributed by atoms with Gasteiger partial charge in [-0.1, -0.05) is 31.9 Å². The molecule has 2 saturated carbocycles. The monoisotopic (exact) mass is 331 g/mol. The van der Waals surface area contributed by atoms with Crippen LogP contribution in [0.4, 0.5) is 0 Å². The zero-order chi connectivity index (χ0) is 16.7. The first-order valence-electron chi connectivity index (χ1n) is 10.2. The van der Waals surface area contributed by atoms with Gasteiger partial charge in [-0.2, -0.15) is 0 Å². The highest BCUT2D eigenvalue weighted by Crippen LogP contribution is 2.56. The number of carbonyl (C=O) groups is 1. The fourth-order valence-corrected chi connectivity index (χ4v) is 6.06. The molecule has 0 radical (unpaired) electrons. The first kappa shape index (κ1) is 16.6. The highest BCUT2D eigenvalue weighted by Gasteiger charge is 2.55. The lowest BCUT2D eigenvalue weighted by atomic mass is 9.55. The van der Waals surface area contributed by atoms with Gasteiger partial charge in [0.05, 0.1) is 5.92 Å². The smallest absolute Gasteiger partial charge is 0.310 e. The second-order valence-corrected chi connectivity index (χ2v) is 9.12. The standard InChI is InChI=1S/C21H33NO2/c1-15-8-7-9-21(2)13-19-16(12-18(15)21)17(20(23)24-19)14-22-10-5-3-4-6-11-22/h16-19H,1,3-14H2,2H3/t16-,17?,18?,19-,21-/m1/s1. The van der Waals surface area contributed by atoms with E-state index in [0.717, 1.165) is 32.5 Å². The molecule has 0 aromatic rings. The van der Waals surface area contributed by atoms with Crippen molar-refractivity contribution in [3.63, 3.8) is 0 Å². The molecule has 5 atom stereocenters. The van der Waals surface area contributed by atoms with E-state index >= 15 is 0 Å². The molecule has 2 heterocycles. The average Bonchev–Trinajstić information content (AvgIpc) is 2.72. The maximum Gasteiger partial charge on any atom is 0.310 e. The van der Waals surface area contributed by atoms with Crippen LogP contribution in [0.2, 0.25) is 0 Å². The predicted molar refractivity (Wildman–Crippen MR) is 95.6 cm³/mol. The van der Waals surface area contributed by atoms with Crippen LogP contribution in [0, 0.1) is 23.2 Å². The van der Waals surface area contributed by atoms with Crippen LogP contribution in [-0.4, -0.2) is 36.6 Å². The maximum absolute atomic E-state index is 12.6. The Labute approximate surface area is 146 Å². The maximum atomic E-state index is 12.6. The van der Waals surface area contributed by atoms with Crippen LogP contribution in [0.15, 0.2) is 12.2 Å². The summed E-state index contributed by atoms with van der Waals surface area (Å²) in [5.41, 5.74) is 1.75. The molecule has 0 spiro atoms. The van der Waals surface area contributed by atoms with Crippen molar-refractivity contribution in [3.05, 3.63) is 12.2 Å². The van der Waals surface area contributed by atoms with E-state index in [1.54, 1.807) is 0 Å². The minimum absolute atomic E-state index is 0.0853. The normalized spacial score (nSPS) is 43.7. The van der Waals surface area contributed by atoms with E-state index in [4.69, 9.17) is 4.74 Å². The van der Waals surface area contributed by atoms with Crippen molar-refractivity contribution in [2.45, 2.75) is 70.8 Å². The number of esters is 1. The molecule has 3 heteroatoms. The highest BCUT2D eigenvalue weighted by atomic mass is 16.6. The number of nitrogens with zero attached hydrogens (tertiary/aromatic N) is 1. The van der Waals surface area contributed by atoms with E-state index in [2.05, 4.69) is 18.4 Å². The van der Waals surface area contributed by atoms with Crippen LogP contribution in [0.1, 0.15) is 64.7 Å². The Balaban J connectivity index is 1.49. The van der Waals surface area contributed by atoms with Gasteiger partial charge in [0.1, 0.15) is 6.10 Å². The van der Waals surface area contributed by atoms with Crippen LogP contribution in [0.3, 0.4) is 0 Å². The van der Waals surface area contributed by atoms with Crippen molar-refractivity contribution in [2.24, 2.45) is 23.2 Å². The van der Waals surface area contributed by atoms with E-state index in [1.807, 2.05) is 0 Å². The van der Waals surface area contributed by atoms with Crippen molar-refractivity contribution in [1.29, 1.82) is 0 Å². The van der Waals surface area contributed by atoms with Crippen molar-refractivity contribution in [3.8, 4) is 0 Å². The molecule has 4 rings (SSSR count). The number of likely N-dealkylation sites (tertiary alicyclic amines) is 1. The zero-order valence-corrected chi connectivity index (χ0v) is 15.3. The summed E-state index contributed by atoms with van der Waals surface area (Å²) in [7, 11) is 0. The third kappa shape index (κ3) is 2.94. The van der Waals surface area contributed by atoms with Crippen LogP contribution in [0.5, 0.6) is 0 Å². The van der Waals surface area contributed by atoms with Crippen molar-refractivity contribution >= 4 is 5.97 Å². The zero-order valence-electron chi connectivity index (χ0n) is 15.3. The van der Waals surface area contributed by atoms with E-state index < -0.39 is 0 Å². The van der Waals surface area contributed by atoms with E-state index in [9.17, 15) is 4.79 Å². The SMILES string of the molecule is C=C1CCC[C@]2(C)C[C@H]3OC(=O)C(CN4CCCCCC4)[C@H]3CC12. The van der Waals surface area contributed by atoms with Gasteiger partial charge in [0, 0.05) is 12.5 Å². The molecular formula is C21H33NO2. The van der Waals surface area contributed by atoms with Gasteiger partial charge in [0.15, 0.2) is 0 Å². The lowest BCUT2D eigenvalue weighted by Gasteiger charge is -2.50. The summed E-state index contributed by atoms with van der Waals surface area (Å²) >= 11 is 0. The van der Waals surface area contributed by atoms with Crippen LogP contribution < -0.4 is 0 Å².